The molecule has 0 N–H and O–H groups in total. The minimum atomic E-state index is 0.148. The molecule has 0 fully saturated rings. The summed E-state index contributed by atoms with van der Waals surface area (Å²) in [5.74, 6) is 0.645. The van der Waals surface area contributed by atoms with E-state index in [1.54, 1.807) is 11.3 Å². The summed E-state index contributed by atoms with van der Waals surface area (Å²) in [5, 5.41) is 2.13. The van der Waals surface area contributed by atoms with E-state index in [2.05, 4.69) is 44.4 Å². The summed E-state index contributed by atoms with van der Waals surface area (Å²) in [4.78, 5) is 16.2. The average Bonchev–Trinajstić information content (AvgIpc) is 2.96. The minimum absolute atomic E-state index is 0.148. The van der Waals surface area contributed by atoms with Gasteiger partial charge in [-0.1, -0.05) is 26.0 Å². The van der Waals surface area contributed by atoms with Crippen LogP contribution >= 0.6 is 11.3 Å². The highest BCUT2D eigenvalue weighted by atomic mass is 32.1. The number of hydrogen-bond acceptors (Lipinski definition) is 2. The van der Waals surface area contributed by atoms with Gasteiger partial charge in [0.15, 0.2) is 0 Å². The Morgan fingerprint density at radius 1 is 1.24 bits per heavy atom. The lowest BCUT2D eigenvalue weighted by atomic mass is 9.98. The SMILES string of the molecule is CC(C)c1ccc(C(=O)N2CCc3sccc3[C@@H]2C)cc1. The first kappa shape index (κ1) is 14.3. The number of hydrogen-bond donors (Lipinski definition) is 0. The third-order valence-corrected chi connectivity index (χ3v) is 5.36. The molecule has 1 aromatic heterocycles. The quantitative estimate of drug-likeness (QED) is 0.791. The number of nitrogens with zero attached hydrogens (tertiary/aromatic N) is 1. The maximum Gasteiger partial charge on any atom is 0.254 e. The molecule has 0 bridgehead atoms. The molecular formula is C18H21NOS. The number of carbonyl (C=O) groups is 1. The van der Waals surface area contributed by atoms with Gasteiger partial charge in [0, 0.05) is 17.0 Å². The van der Waals surface area contributed by atoms with E-state index >= 15 is 0 Å². The first-order valence-electron chi connectivity index (χ1n) is 7.55. The smallest absolute Gasteiger partial charge is 0.254 e. The van der Waals surface area contributed by atoms with Crippen molar-refractivity contribution < 1.29 is 4.79 Å². The van der Waals surface area contributed by atoms with Gasteiger partial charge in [0.1, 0.15) is 0 Å². The van der Waals surface area contributed by atoms with Gasteiger partial charge in [0.05, 0.1) is 6.04 Å². The Bertz CT molecular complexity index is 641. The van der Waals surface area contributed by atoms with Crippen LogP contribution in [-0.2, 0) is 6.42 Å². The summed E-state index contributed by atoms with van der Waals surface area (Å²) in [6.45, 7) is 7.29. The van der Waals surface area contributed by atoms with Gasteiger partial charge in [-0.05, 0) is 54.0 Å². The van der Waals surface area contributed by atoms with Crippen molar-refractivity contribution in [3.8, 4) is 0 Å². The monoisotopic (exact) mass is 299 g/mol. The van der Waals surface area contributed by atoms with Gasteiger partial charge in [-0.2, -0.15) is 0 Å². The molecule has 1 aromatic carbocycles. The second-order valence-corrected chi connectivity index (χ2v) is 7.00. The summed E-state index contributed by atoms with van der Waals surface area (Å²) >= 11 is 1.81. The van der Waals surface area contributed by atoms with Crippen LogP contribution in [0.5, 0.6) is 0 Å². The molecular weight excluding hydrogens is 278 g/mol. The molecule has 0 spiro atoms. The van der Waals surface area contributed by atoms with E-state index in [-0.39, 0.29) is 11.9 Å². The summed E-state index contributed by atoms with van der Waals surface area (Å²) in [7, 11) is 0. The van der Waals surface area contributed by atoms with E-state index in [0.29, 0.717) is 5.92 Å². The molecule has 2 heterocycles. The number of rotatable bonds is 2. The van der Waals surface area contributed by atoms with Crippen molar-refractivity contribution in [2.75, 3.05) is 6.54 Å². The first-order chi connectivity index (χ1) is 10.1. The fraction of sp³-hybridized carbons (Fsp3) is 0.389. The zero-order chi connectivity index (χ0) is 15.0. The van der Waals surface area contributed by atoms with Crippen molar-refractivity contribution in [2.45, 2.75) is 39.2 Å². The molecule has 1 aliphatic rings. The Kier molecular flexibility index (Phi) is 3.85. The second-order valence-electron chi connectivity index (χ2n) is 6.00. The van der Waals surface area contributed by atoms with Gasteiger partial charge < -0.3 is 4.90 Å². The molecule has 2 aromatic rings. The van der Waals surface area contributed by atoms with Gasteiger partial charge in [0.2, 0.25) is 0 Å². The molecule has 3 heteroatoms. The van der Waals surface area contributed by atoms with Crippen LogP contribution in [0.15, 0.2) is 35.7 Å². The van der Waals surface area contributed by atoms with Crippen molar-refractivity contribution in [1.82, 2.24) is 4.90 Å². The fourth-order valence-electron chi connectivity index (χ4n) is 2.96. The van der Waals surface area contributed by atoms with E-state index in [1.807, 2.05) is 17.0 Å². The van der Waals surface area contributed by atoms with Crippen LogP contribution in [0.25, 0.3) is 0 Å². The largest absolute Gasteiger partial charge is 0.331 e. The summed E-state index contributed by atoms with van der Waals surface area (Å²) < 4.78 is 0. The van der Waals surface area contributed by atoms with Crippen molar-refractivity contribution in [3.63, 3.8) is 0 Å². The van der Waals surface area contributed by atoms with Crippen LogP contribution in [0.2, 0.25) is 0 Å². The lowest BCUT2D eigenvalue weighted by Gasteiger charge is -2.33. The number of thiophene rings is 1. The lowest BCUT2D eigenvalue weighted by molar-refractivity contribution is 0.0679. The predicted molar refractivity (Wildman–Crippen MR) is 88.0 cm³/mol. The minimum Gasteiger partial charge on any atom is -0.331 e. The highest BCUT2D eigenvalue weighted by molar-refractivity contribution is 7.10. The zero-order valence-corrected chi connectivity index (χ0v) is 13.6. The fourth-order valence-corrected chi connectivity index (χ4v) is 3.93. The highest BCUT2D eigenvalue weighted by Crippen LogP contribution is 2.33. The number of amides is 1. The molecule has 1 atom stereocenters. The van der Waals surface area contributed by atoms with E-state index in [1.165, 1.54) is 16.0 Å². The van der Waals surface area contributed by atoms with Crippen LogP contribution in [-0.4, -0.2) is 17.4 Å². The predicted octanol–water partition coefficient (Wildman–Crippen LogP) is 4.63. The van der Waals surface area contributed by atoms with Crippen molar-refractivity contribution in [1.29, 1.82) is 0 Å². The summed E-state index contributed by atoms with van der Waals surface area (Å²) in [6.07, 6.45) is 0.979. The topological polar surface area (TPSA) is 20.3 Å². The van der Waals surface area contributed by atoms with Crippen LogP contribution in [0.3, 0.4) is 0 Å². The molecule has 2 nitrogen and oxygen atoms in total. The Morgan fingerprint density at radius 3 is 2.62 bits per heavy atom. The summed E-state index contributed by atoms with van der Waals surface area (Å²) in [6, 6.07) is 10.4. The van der Waals surface area contributed by atoms with E-state index in [4.69, 9.17) is 0 Å². The third kappa shape index (κ3) is 2.62. The molecule has 0 radical (unpaired) electrons. The molecule has 0 saturated carbocycles. The van der Waals surface area contributed by atoms with Gasteiger partial charge in [-0.25, -0.2) is 0 Å². The van der Waals surface area contributed by atoms with Gasteiger partial charge in [-0.3, -0.25) is 4.79 Å². The molecule has 0 saturated heterocycles. The van der Waals surface area contributed by atoms with Crippen molar-refractivity contribution >= 4 is 17.2 Å². The normalized spacial score (nSPS) is 17.9. The molecule has 1 amide bonds. The second kappa shape index (κ2) is 5.64. The Hall–Kier alpha value is -1.61. The molecule has 3 rings (SSSR count). The number of fused-ring (bicyclic) bond motifs is 1. The van der Waals surface area contributed by atoms with Gasteiger partial charge in [-0.15, -0.1) is 11.3 Å². The Balaban J connectivity index is 1.82. The number of benzene rings is 1. The van der Waals surface area contributed by atoms with E-state index in [9.17, 15) is 4.79 Å². The molecule has 1 aliphatic heterocycles. The van der Waals surface area contributed by atoms with Crippen LogP contribution in [0.4, 0.5) is 0 Å². The van der Waals surface area contributed by atoms with Crippen molar-refractivity contribution in [3.05, 3.63) is 57.3 Å². The average molecular weight is 299 g/mol. The standard InChI is InChI=1S/C18H21NOS/c1-12(2)14-4-6-15(7-5-14)18(20)19-10-8-17-16(13(19)3)9-11-21-17/h4-7,9,11-13H,8,10H2,1-3H3/t13-/m0/s1. The molecule has 21 heavy (non-hydrogen) atoms. The Labute approximate surface area is 130 Å². The zero-order valence-electron chi connectivity index (χ0n) is 12.8. The highest BCUT2D eigenvalue weighted by Gasteiger charge is 2.28. The molecule has 0 unspecified atom stereocenters. The maximum absolute atomic E-state index is 12.8. The van der Waals surface area contributed by atoms with Crippen LogP contribution in [0, 0.1) is 0 Å². The maximum atomic E-state index is 12.8. The van der Waals surface area contributed by atoms with Gasteiger partial charge in [0.25, 0.3) is 5.91 Å². The first-order valence-corrected chi connectivity index (χ1v) is 8.43. The van der Waals surface area contributed by atoms with E-state index in [0.717, 1.165) is 18.5 Å². The van der Waals surface area contributed by atoms with Gasteiger partial charge >= 0.3 is 0 Å². The number of carbonyl (C=O) groups excluding carboxylic acids is 1. The summed E-state index contributed by atoms with van der Waals surface area (Å²) in [5.41, 5.74) is 3.39. The molecule has 0 aliphatic carbocycles. The Morgan fingerprint density at radius 2 is 1.95 bits per heavy atom. The third-order valence-electron chi connectivity index (χ3n) is 4.36. The molecule has 110 valence electrons. The van der Waals surface area contributed by atoms with Crippen LogP contribution in [0.1, 0.15) is 59.1 Å². The van der Waals surface area contributed by atoms with E-state index < -0.39 is 0 Å². The van der Waals surface area contributed by atoms with Crippen LogP contribution < -0.4 is 0 Å². The lowest BCUT2D eigenvalue weighted by Crippen LogP contribution is -2.38. The van der Waals surface area contributed by atoms with Crippen molar-refractivity contribution in [2.24, 2.45) is 0 Å².